The second-order valence-electron chi connectivity index (χ2n) is 4.57. The number of phenols is 1. The van der Waals surface area contributed by atoms with Crippen LogP contribution in [-0.2, 0) is 11.2 Å². The van der Waals surface area contributed by atoms with Crippen molar-refractivity contribution in [3.8, 4) is 11.5 Å². The highest BCUT2D eigenvalue weighted by molar-refractivity contribution is 5.93. The molecule has 0 spiro atoms. The van der Waals surface area contributed by atoms with Gasteiger partial charge in [0.1, 0.15) is 17.1 Å². The fourth-order valence-electron chi connectivity index (χ4n) is 1.89. The molecular formula is C13H16O5. The van der Waals surface area contributed by atoms with E-state index in [9.17, 15) is 15.0 Å². The molecule has 0 aliphatic heterocycles. The molecule has 18 heavy (non-hydrogen) atoms. The van der Waals surface area contributed by atoms with Crippen LogP contribution in [0.1, 0.15) is 28.8 Å². The smallest absolute Gasteiger partial charge is 0.341 e. The average Bonchev–Trinajstić information content (AvgIpc) is 3.07. The highest BCUT2D eigenvalue weighted by Gasteiger charge is 2.41. The van der Waals surface area contributed by atoms with Crippen molar-refractivity contribution in [2.24, 2.45) is 0 Å². The molecule has 0 amide bonds. The first-order valence-electron chi connectivity index (χ1n) is 5.69. The molecule has 2 rings (SSSR count). The largest absolute Gasteiger partial charge is 0.507 e. The molecular weight excluding hydrogens is 236 g/mol. The summed E-state index contributed by atoms with van der Waals surface area (Å²) in [5.74, 6) is -0.343. The molecule has 0 aromatic heterocycles. The number of aliphatic hydroxyl groups is 1. The third-order valence-corrected chi connectivity index (χ3v) is 3.15. The minimum atomic E-state index is -0.697. The molecule has 5 nitrogen and oxygen atoms in total. The van der Waals surface area contributed by atoms with Crippen LogP contribution in [0, 0.1) is 0 Å². The lowest BCUT2D eigenvalue weighted by Gasteiger charge is -2.14. The van der Waals surface area contributed by atoms with Gasteiger partial charge in [-0.3, -0.25) is 0 Å². The Bertz CT molecular complexity index is 477. The van der Waals surface area contributed by atoms with E-state index in [1.165, 1.54) is 26.4 Å². The van der Waals surface area contributed by atoms with Crippen molar-refractivity contribution < 1.29 is 24.5 Å². The van der Waals surface area contributed by atoms with Crippen LogP contribution < -0.4 is 4.74 Å². The maximum atomic E-state index is 11.5. The van der Waals surface area contributed by atoms with Crippen molar-refractivity contribution in [1.29, 1.82) is 0 Å². The molecule has 1 aromatic carbocycles. The van der Waals surface area contributed by atoms with E-state index >= 15 is 0 Å². The standard InChI is InChI=1S/C13H16O5/c1-17-11-6-10(14)9(12(15)18-2)5-8(11)7-13(16)3-4-13/h5-6,14,16H,3-4,7H2,1-2H3. The van der Waals surface area contributed by atoms with Crippen molar-refractivity contribution in [2.45, 2.75) is 24.9 Å². The molecule has 1 saturated carbocycles. The monoisotopic (exact) mass is 252 g/mol. The zero-order valence-electron chi connectivity index (χ0n) is 10.4. The first kappa shape index (κ1) is 12.7. The molecule has 0 bridgehead atoms. The zero-order chi connectivity index (χ0) is 13.3. The minimum Gasteiger partial charge on any atom is -0.507 e. The normalized spacial score (nSPS) is 16.2. The SMILES string of the molecule is COC(=O)c1cc(CC2(O)CC2)c(OC)cc1O. The second kappa shape index (κ2) is 4.49. The van der Waals surface area contributed by atoms with E-state index in [0.29, 0.717) is 17.7 Å². The molecule has 0 atom stereocenters. The van der Waals surface area contributed by atoms with Gasteiger partial charge in [-0.25, -0.2) is 4.79 Å². The van der Waals surface area contributed by atoms with Crippen LogP contribution in [0.5, 0.6) is 11.5 Å². The Labute approximate surface area is 105 Å². The maximum absolute atomic E-state index is 11.5. The molecule has 0 saturated heterocycles. The number of hydrogen-bond acceptors (Lipinski definition) is 5. The lowest BCUT2D eigenvalue weighted by atomic mass is 10.0. The van der Waals surface area contributed by atoms with E-state index in [1.54, 1.807) is 0 Å². The molecule has 2 N–H and O–H groups in total. The van der Waals surface area contributed by atoms with Gasteiger partial charge in [-0.2, -0.15) is 0 Å². The third kappa shape index (κ3) is 2.41. The van der Waals surface area contributed by atoms with Crippen molar-refractivity contribution in [2.75, 3.05) is 14.2 Å². The predicted molar refractivity (Wildman–Crippen MR) is 63.9 cm³/mol. The minimum absolute atomic E-state index is 0.0811. The van der Waals surface area contributed by atoms with Crippen LogP contribution in [0.3, 0.4) is 0 Å². The van der Waals surface area contributed by atoms with Crippen molar-refractivity contribution in [1.82, 2.24) is 0 Å². The van der Waals surface area contributed by atoms with E-state index in [4.69, 9.17) is 4.74 Å². The Balaban J connectivity index is 2.39. The summed E-state index contributed by atoms with van der Waals surface area (Å²) in [5, 5.41) is 19.6. The summed E-state index contributed by atoms with van der Waals surface area (Å²) in [6.45, 7) is 0. The van der Waals surface area contributed by atoms with Crippen molar-refractivity contribution in [3.05, 3.63) is 23.3 Å². The summed E-state index contributed by atoms with van der Waals surface area (Å²) in [6.07, 6.45) is 1.88. The van der Waals surface area contributed by atoms with Crippen LogP contribution >= 0.6 is 0 Å². The number of esters is 1. The first-order chi connectivity index (χ1) is 8.49. The van der Waals surface area contributed by atoms with E-state index in [-0.39, 0.29) is 11.3 Å². The number of phenolic OH excluding ortho intramolecular Hbond substituents is 1. The number of carbonyl (C=O) groups is 1. The Kier molecular flexibility index (Phi) is 3.17. The summed E-state index contributed by atoms with van der Waals surface area (Å²) in [5.41, 5.74) is 0.0747. The number of methoxy groups -OCH3 is 2. The topological polar surface area (TPSA) is 76.0 Å². The molecule has 0 heterocycles. The highest BCUT2D eigenvalue weighted by atomic mass is 16.5. The first-order valence-corrected chi connectivity index (χ1v) is 5.69. The second-order valence-corrected chi connectivity index (χ2v) is 4.57. The number of carbonyl (C=O) groups excluding carboxylic acids is 1. The van der Waals surface area contributed by atoms with Crippen LogP contribution in [0.2, 0.25) is 0 Å². The van der Waals surface area contributed by atoms with Gasteiger partial charge in [0, 0.05) is 12.5 Å². The van der Waals surface area contributed by atoms with Crippen LogP contribution in [-0.4, -0.2) is 36.0 Å². The van der Waals surface area contributed by atoms with Crippen LogP contribution in [0.15, 0.2) is 12.1 Å². The molecule has 1 fully saturated rings. The van der Waals surface area contributed by atoms with Crippen molar-refractivity contribution >= 4 is 5.97 Å². The van der Waals surface area contributed by atoms with Gasteiger partial charge in [0.25, 0.3) is 0 Å². The number of rotatable bonds is 4. The van der Waals surface area contributed by atoms with E-state index in [0.717, 1.165) is 12.8 Å². The van der Waals surface area contributed by atoms with Gasteiger partial charge in [-0.05, 0) is 24.5 Å². The fourth-order valence-corrected chi connectivity index (χ4v) is 1.89. The van der Waals surface area contributed by atoms with Crippen LogP contribution in [0.4, 0.5) is 0 Å². The number of benzene rings is 1. The molecule has 1 aliphatic carbocycles. The highest BCUT2D eigenvalue weighted by Crippen LogP contribution is 2.41. The zero-order valence-corrected chi connectivity index (χ0v) is 10.4. The molecule has 5 heteroatoms. The van der Waals surface area contributed by atoms with E-state index < -0.39 is 11.6 Å². The Hall–Kier alpha value is -1.75. The molecule has 0 unspecified atom stereocenters. The van der Waals surface area contributed by atoms with Gasteiger partial charge in [0.05, 0.1) is 19.8 Å². The van der Waals surface area contributed by atoms with E-state index in [2.05, 4.69) is 4.74 Å². The number of aromatic hydroxyl groups is 1. The predicted octanol–water partition coefficient (Wildman–Crippen LogP) is 1.25. The van der Waals surface area contributed by atoms with Gasteiger partial charge in [-0.1, -0.05) is 0 Å². The van der Waals surface area contributed by atoms with Gasteiger partial charge in [-0.15, -0.1) is 0 Å². The summed E-state index contributed by atoms with van der Waals surface area (Å²) in [7, 11) is 2.73. The van der Waals surface area contributed by atoms with Crippen molar-refractivity contribution in [3.63, 3.8) is 0 Å². The third-order valence-electron chi connectivity index (χ3n) is 3.15. The lowest BCUT2D eigenvalue weighted by Crippen LogP contribution is -2.13. The quantitative estimate of drug-likeness (QED) is 0.789. The van der Waals surface area contributed by atoms with Gasteiger partial charge in [0.2, 0.25) is 0 Å². The summed E-state index contributed by atoms with van der Waals surface area (Å²) in [4.78, 5) is 11.5. The average molecular weight is 252 g/mol. The lowest BCUT2D eigenvalue weighted by molar-refractivity contribution is 0.0597. The van der Waals surface area contributed by atoms with Gasteiger partial charge >= 0.3 is 5.97 Å². The Morgan fingerprint density at radius 3 is 2.56 bits per heavy atom. The number of ether oxygens (including phenoxy) is 2. The Morgan fingerprint density at radius 2 is 2.06 bits per heavy atom. The fraction of sp³-hybridized carbons (Fsp3) is 0.462. The molecule has 1 aromatic rings. The molecule has 1 aliphatic rings. The van der Waals surface area contributed by atoms with Gasteiger partial charge < -0.3 is 19.7 Å². The number of hydrogen-bond donors (Lipinski definition) is 2. The summed E-state index contributed by atoms with van der Waals surface area (Å²) < 4.78 is 9.73. The van der Waals surface area contributed by atoms with Crippen LogP contribution in [0.25, 0.3) is 0 Å². The Morgan fingerprint density at radius 1 is 1.39 bits per heavy atom. The molecule has 98 valence electrons. The van der Waals surface area contributed by atoms with E-state index in [1.807, 2.05) is 0 Å². The summed E-state index contributed by atoms with van der Waals surface area (Å²) in [6, 6.07) is 2.88. The van der Waals surface area contributed by atoms with Gasteiger partial charge in [0.15, 0.2) is 0 Å². The maximum Gasteiger partial charge on any atom is 0.341 e. The molecule has 0 radical (unpaired) electrons. The summed E-state index contributed by atoms with van der Waals surface area (Å²) >= 11 is 0.